The number of non-ortho nitro benzene ring substituents is 1. The van der Waals surface area contributed by atoms with Gasteiger partial charge in [-0.15, -0.1) is 0 Å². The first-order valence-corrected chi connectivity index (χ1v) is 7.13. The number of nitro benzene ring substituents is 1. The van der Waals surface area contributed by atoms with Gasteiger partial charge in [-0.3, -0.25) is 10.1 Å². The number of nitrogens with zero attached hydrogens (tertiary/aromatic N) is 2. The highest BCUT2D eigenvalue weighted by Gasteiger charge is 2.57. The second-order valence-electron chi connectivity index (χ2n) is 5.96. The third-order valence-corrected chi connectivity index (χ3v) is 4.54. The summed E-state index contributed by atoms with van der Waals surface area (Å²) in [5.41, 5.74) is 0.514. The lowest BCUT2D eigenvalue weighted by Gasteiger charge is -2.45. The molecule has 3 rings (SSSR count). The van der Waals surface area contributed by atoms with Crippen molar-refractivity contribution >= 4 is 11.4 Å². The Kier molecular flexibility index (Phi) is 3.21. The van der Waals surface area contributed by atoms with Crippen LogP contribution in [0.2, 0.25) is 0 Å². The van der Waals surface area contributed by atoms with Crippen LogP contribution in [0, 0.1) is 10.1 Å². The number of anilines is 1. The first-order chi connectivity index (χ1) is 10.4. The molecule has 2 heterocycles. The fraction of sp³-hybridized carbons (Fsp3) is 0.375. The van der Waals surface area contributed by atoms with Crippen molar-refractivity contribution in [2.75, 3.05) is 18.1 Å². The van der Waals surface area contributed by atoms with Crippen molar-refractivity contribution in [2.24, 2.45) is 0 Å². The number of hydrogen-bond acceptors (Lipinski definition) is 5. The molecule has 0 radical (unpaired) electrons. The van der Waals surface area contributed by atoms with Crippen LogP contribution in [-0.2, 0) is 10.2 Å². The maximum atomic E-state index is 11.1. The number of hydrogen-bond donors (Lipinski definition) is 1. The van der Waals surface area contributed by atoms with E-state index >= 15 is 0 Å². The summed E-state index contributed by atoms with van der Waals surface area (Å²) in [5.74, 6) is 0. The molecule has 2 aliphatic heterocycles. The Morgan fingerprint density at radius 3 is 2.73 bits per heavy atom. The lowest BCUT2D eigenvalue weighted by atomic mass is 9.77. The summed E-state index contributed by atoms with van der Waals surface area (Å²) in [4.78, 5) is 12.6. The number of β-amino-alcohol motifs (C(OH)–C–C–N with tert-alkyl or cyclic N) is 1. The van der Waals surface area contributed by atoms with E-state index in [9.17, 15) is 15.2 Å². The van der Waals surface area contributed by atoms with E-state index in [-0.39, 0.29) is 12.3 Å². The fourth-order valence-corrected chi connectivity index (χ4v) is 3.40. The van der Waals surface area contributed by atoms with Crippen molar-refractivity contribution < 1.29 is 14.8 Å². The van der Waals surface area contributed by atoms with Crippen LogP contribution < -0.4 is 4.90 Å². The van der Waals surface area contributed by atoms with Crippen molar-refractivity contribution in [2.45, 2.75) is 25.0 Å². The molecule has 6 heteroatoms. The van der Waals surface area contributed by atoms with Gasteiger partial charge in [-0.1, -0.05) is 6.08 Å². The monoisotopic (exact) mass is 302 g/mol. The number of rotatable bonds is 3. The van der Waals surface area contributed by atoms with Gasteiger partial charge in [-0.25, -0.2) is 0 Å². The minimum atomic E-state index is -0.790. The smallest absolute Gasteiger partial charge is 0.271 e. The van der Waals surface area contributed by atoms with Crippen molar-refractivity contribution in [3.63, 3.8) is 0 Å². The standard InChI is InChI=1S/C16H18N2O4/c1-15(2)13-6-5-12(18(20)21)11-14(13)17(8-9-19)16(15)7-3-4-10-22-16/h3-7,10-11,19H,8-9H2,1-2H3. The molecule has 0 bridgehead atoms. The van der Waals surface area contributed by atoms with Gasteiger partial charge in [0.25, 0.3) is 5.69 Å². The number of benzene rings is 1. The maximum Gasteiger partial charge on any atom is 0.271 e. The molecule has 1 aromatic rings. The van der Waals surface area contributed by atoms with Crippen LogP contribution in [0.1, 0.15) is 19.4 Å². The summed E-state index contributed by atoms with van der Waals surface area (Å²) < 4.78 is 5.97. The molecule has 116 valence electrons. The van der Waals surface area contributed by atoms with Crippen LogP contribution in [-0.4, -0.2) is 28.9 Å². The molecule has 1 aromatic carbocycles. The fourth-order valence-electron chi connectivity index (χ4n) is 3.40. The van der Waals surface area contributed by atoms with Gasteiger partial charge in [0.15, 0.2) is 0 Å². The predicted octanol–water partition coefficient (Wildman–Crippen LogP) is 2.48. The van der Waals surface area contributed by atoms with Crippen LogP contribution in [0.5, 0.6) is 0 Å². The van der Waals surface area contributed by atoms with Gasteiger partial charge >= 0.3 is 0 Å². The highest BCUT2D eigenvalue weighted by Crippen LogP contribution is 2.54. The average molecular weight is 302 g/mol. The van der Waals surface area contributed by atoms with Crippen molar-refractivity contribution in [3.8, 4) is 0 Å². The van der Waals surface area contributed by atoms with E-state index in [1.807, 2.05) is 30.9 Å². The number of aliphatic hydroxyl groups excluding tert-OH is 1. The Labute approximate surface area is 128 Å². The summed E-state index contributed by atoms with van der Waals surface area (Å²) in [5, 5.41) is 20.5. The molecule has 2 aliphatic rings. The zero-order valence-electron chi connectivity index (χ0n) is 12.5. The molecule has 0 saturated heterocycles. The van der Waals surface area contributed by atoms with Gasteiger partial charge in [0.1, 0.15) is 0 Å². The third kappa shape index (κ3) is 1.77. The zero-order valence-corrected chi connectivity index (χ0v) is 12.5. The van der Waals surface area contributed by atoms with Crippen LogP contribution >= 0.6 is 0 Å². The molecular weight excluding hydrogens is 284 g/mol. The average Bonchev–Trinajstić information content (AvgIpc) is 2.67. The van der Waals surface area contributed by atoms with Gasteiger partial charge in [0, 0.05) is 18.7 Å². The molecule has 1 unspecified atom stereocenters. The van der Waals surface area contributed by atoms with Crippen molar-refractivity contribution in [1.82, 2.24) is 0 Å². The van der Waals surface area contributed by atoms with Gasteiger partial charge < -0.3 is 14.7 Å². The Bertz CT molecular complexity index is 681. The van der Waals surface area contributed by atoms with Crippen LogP contribution in [0.25, 0.3) is 0 Å². The van der Waals surface area contributed by atoms with E-state index < -0.39 is 16.1 Å². The van der Waals surface area contributed by atoms with Gasteiger partial charge in [-0.2, -0.15) is 0 Å². The molecule has 22 heavy (non-hydrogen) atoms. The lowest BCUT2D eigenvalue weighted by Crippen LogP contribution is -2.56. The minimum absolute atomic E-state index is 0.0323. The van der Waals surface area contributed by atoms with Crippen LogP contribution in [0.15, 0.2) is 42.7 Å². The number of allylic oxidation sites excluding steroid dienone is 2. The quantitative estimate of drug-likeness (QED) is 0.685. The van der Waals surface area contributed by atoms with E-state index in [0.29, 0.717) is 6.54 Å². The number of nitro groups is 1. The third-order valence-electron chi connectivity index (χ3n) is 4.54. The first kappa shape index (κ1) is 14.6. The molecule has 6 nitrogen and oxygen atoms in total. The highest BCUT2D eigenvalue weighted by molar-refractivity contribution is 5.70. The largest absolute Gasteiger partial charge is 0.471 e. The molecular formula is C16H18N2O4. The van der Waals surface area contributed by atoms with E-state index in [1.54, 1.807) is 24.5 Å². The summed E-state index contributed by atoms with van der Waals surface area (Å²) in [6, 6.07) is 4.85. The van der Waals surface area contributed by atoms with E-state index in [2.05, 4.69) is 0 Å². The topological polar surface area (TPSA) is 75.8 Å². The number of ether oxygens (including phenoxy) is 1. The van der Waals surface area contributed by atoms with E-state index in [0.717, 1.165) is 11.3 Å². The highest BCUT2D eigenvalue weighted by atomic mass is 16.6. The SMILES string of the molecule is CC1(C)c2ccc([N+](=O)[O-])cc2N(CCO)C12C=CC=CO2. The summed E-state index contributed by atoms with van der Waals surface area (Å²) >= 11 is 0. The Morgan fingerprint density at radius 1 is 1.36 bits per heavy atom. The van der Waals surface area contributed by atoms with Crippen molar-refractivity contribution in [1.29, 1.82) is 0 Å². The molecule has 1 atom stereocenters. The number of aliphatic hydroxyl groups is 1. The van der Waals surface area contributed by atoms with Crippen LogP contribution in [0.4, 0.5) is 11.4 Å². The van der Waals surface area contributed by atoms with Gasteiger partial charge in [-0.05, 0) is 37.6 Å². The van der Waals surface area contributed by atoms with Gasteiger partial charge in [0.05, 0.1) is 28.9 Å². The molecule has 0 saturated carbocycles. The summed E-state index contributed by atoms with van der Waals surface area (Å²) in [7, 11) is 0. The zero-order chi connectivity index (χ0) is 16.0. The predicted molar refractivity (Wildman–Crippen MR) is 82.7 cm³/mol. The number of fused-ring (bicyclic) bond motifs is 1. The molecule has 1 spiro atoms. The van der Waals surface area contributed by atoms with Crippen LogP contribution in [0.3, 0.4) is 0 Å². The Balaban J connectivity index is 2.21. The van der Waals surface area contributed by atoms with E-state index in [1.165, 1.54) is 6.07 Å². The Morgan fingerprint density at radius 2 is 2.14 bits per heavy atom. The summed E-state index contributed by atoms with van der Waals surface area (Å²) in [6.07, 6.45) is 7.25. The molecule has 0 fully saturated rings. The lowest BCUT2D eigenvalue weighted by molar-refractivity contribution is -0.384. The van der Waals surface area contributed by atoms with E-state index in [4.69, 9.17) is 4.74 Å². The molecule has 0 aromatic heterocycles. The second-order valence-corrected chi connectivity index (χ2v) is 5.96. The minimum Gasteiger partial charge on any atom is -0.471 e. The Hall–Kier alpha value is -2.34. The second kappa shape index (κ2) is 4.84. The molecule has 0 aliphatic carbocycles. The normalized spacial score (nSPS) is 24.4. The molecule has 0 amide bonds. The van der Waals surface area contributed by atoms with Crippen molar-refractivity contribution in [3.05, 3.63) is 58.4 Å². The van der Waals surface area contributed by atoms with Gasteiger partial charge in [0.2, 0.25) is 5.72 Å². The maximum absolute atomic E-state index is 11.1. The molecule has 1 N–H and O–H groups in total. The first-order valence-electron chi connectivity index (χ1n) is 7.13. The summed E-state index contributed by atoms with van der Waals surface area (Å²) in [6.45, 7) is 4.34.